The molecule has 0 aliphatic carbocycles. The standard InChI is InChI=1S/C13H12INOS2/c1-15(2)13-8-4-9(17-13)3-5-10(16)11-6-7-12(14)18-11/h3-8H,1-2H3. The highest BCUT2D eigenvalue weighted by Crippen LogP contribution is 2.25. The molecule has 2 rings (SSSR count). The van der Waals surface area contributed by atoms with Crippen LogP contribution in [0.3, 0.4) is 0 Å². The molecule has 2 heterocycles. The van der Waals surface area contributed by atoms with Crippen molar-refractivity contribution < 1.29 is 4.79 Å². The first-order chi connectivity index (χ1) is 8.56. The molecule has 0 bridgehead atoms. The lowest BCUT2D eigenvalue weighted by molar-refractivity contribution is 0.105. The smallest absolute Gasteiger partial charge is 0.195 e. The van der Waals surface area contributed by atoms with Crippen molar-refractivity contribution in [3.8, 4) is 0 Å². The van der Waals surface area contributed by atoms with Gasteiger partial charge in [0.1, 0.15) is 0 Å². The van der Waals surface area contributed by atoms with Crippen molar-refractivity contribution in [3.05, 3.63) is 43.0 Å². The molecule has 2 nitrogen and oxygen atoms in total. The van der Waals surface area contributed by atoms with Gasteiger partial charge in [-0.15, -0.1) is 22.7 Å². The number of halogens is 1. The van der Waals surface area contributed by atoms with Gasteiger partial charge in [-0.25, -0.2) is 0 Å². The second-order valence-electron chi connectivity index (χ2n) is 3.87. The van der Waals surface area contributed by atoms with Crippen molar-refractivity contribution >= 4 is 62.1 Å². The van der Waals surface area contributed by atoms with Gasteiger partial charge in [0.15, 0.2) is 5.78 Å². The normalized spacial score (nSPS) is 11.1. The summed E-state index contributed by atoms with van der Waals surface area (Å²) in [4.78, 5) is 15.8. The summed E-state index contributed by atoms with van der Waals surface area (Å²) in [5.74, 6) is 0.0720. The summed E-state index contributed by atoms with van der Waals surface area (Å²) in [6.07, 6.45) is 3.53. The minimum Gasteiger partial charge on any atom is -0.370 e. The third-order valence-corrected chi connectivity index (χ3v) is 5.40. The predicted octanol–water partition coefficient (Wildman–Crippen LogP) is 4.38. The zero-order valence-electron chi connectivity index (χ0n) is 10.0. The molecule has 94 valence electrons. The number of rotatable bonds is 4. The number of carbonyl (C=O) groups is 1. The molecule has 0 amide bonds. The largest absolute Gasteiger partial charge is 0.370 e. The average Bonchev–Trinajstić information content (AvgIpc) is 2.94. The van der Waals surface area contributed by atoms with E-state index in [0.717, 1.165) is 12.6 Å². The van der Waals surface area contributed by atoms with Crippen LogP contribution in [-0.2, 0) is 0 Å². The fraction of sp³-hybridized carbons (Fsp3) is 0.154. The van der Waals surface area contributed by atoms with Gasteiger partial charge in [-0.2, -0.15) is 0 Å². The lowest BCUT2D eigenvalue weighted by atomic mass is 10.3. The summed E-state index contributed by atoms with van der Waals surface area (Å²) < 4.78 is 1.13. The lowest BCUT2D eigenvalue weighted by Crippen LogP contribution is -2.05. The van der Waals surface area contributed by atoms with Gasteiger partial charge >= 0.3 is 0 Å². The van der Waals surface area contributed by atoms with E-state index < -0.39 is 0 Å². The van der Waals surface area contributed by atoms with Crippen molar-refractivity contribution in [1.29, 1.82) is 0 Å². The summed E-state index contributed by atoms with van der Waals surface area (Å²) in [6.45, 7) is 0. The summed E-state index contributed by atoms with van der Waals surface area (Å²) >= 11 is 5.42. The Hall–Kier alpha value is -0.660. The Kier molecular flexibility index (Phi) is 4.58. The van der Waals surface area contributed by atoms with Crippen LogP contribution in [0.25, 0.3) is 6.08 Å². The van der Waals surface area contributed by atoms with Crippen LogP contribution in [0.1, 0.15) is 14.5 Å². The number of hydrogen-bond acceptors (Lipinski definition) is 4. The van der Waals surface area contributed by atoms with Crippen molar-refractivity contribution in [2.24, 2.45) is 0 Å². The van der Waals surface area contributed by atoms with E-state index in [4.69, 9.17) is 0 Å². The van der Waals surface area contributed by atoms with E-state index in [1.54, 1.807) is 17.4 Å². The van der Waals surface area contributed by atoms with Crippen LogP contribution in [0.2, 0.25) is 0 Å². The van der Waals surface area contributed by atoms with E-state index in [-0.39, 0.29) is 5.78 Å². The zero-order valence-corrected chi connectivity index (χ0v) is 13.8. The molecule has 2 aromatic rings. The summed E-state index contributed by atoms with van der Waals surface area (Å²) in [7, 11) is 4.02. The molecule has 0 aromatic carbocycles. The van der Waals surface area contributed by atoms with Gasteiger partial charge in [0.25, 0.3) is 0 Å². The van der Waals surface area contributed by atoms with Gasteiger partial charge in [0.05, 0.1) is 12.8 Å². The Morgan fingerprint density at radius 1 is 1.22 bits per heavy atom. The van der Waals surface area contributed by atoms with Crippen LogP contribution < -0.4 is 4.90 Å². The van der Waals surface area contributed by atoms with Gasteiger partial charge in [-0.3, -0.25) is 4.79 Å². The molecule has 5 heteroatoms. The Labute approximate surface area is 128 Å². The van der Waals surface area contributed by atoms with Gasteiger partial charge in [-0.1, -0.05) is 0 Å². The Morgan fingerprint density at radius 2 is 2.00 bits per heavy atom. The van der Waals surface area contributed by atoms with Gasteiger partial charge in [0, 0.05) is 19.0 Å². The summed E-state index contributed by atoms with van der Waals surface area (Å²) in [5.41, 5.74) is 0. The Morgan fingerprint density at radius 3 is 2.56 bits per heavy atom. The topological polar surface area (TPSA) is 20.3 Å². The molecule has 0 saturated carbocycles. The van der Waals surface area contributed by atoms with Crippen molar-refractivity contribution in [3.63, 3.8) is 0 Å². The van der Waals surface area contributed by atoms with Crippen LogP contribution in [0.15, 0.2) is 30.3 Å². The van der Waals surface area contributed by atoms with Crippen molar-refractivity contribution in [1.82, 2.24) is 0 Å². The second-order valence-corrected chi connectivity index (χ2v) is 7.94. The molecule has 2 aromatic heterocycles. The molecule has 18 heavy (non-hydrogen) atoms. The Balaban J connectivity index is 2.08. The first-order valence-corrected chi connectivity index (χ1v) is 8.02. The van der Waals surface area contributed by atoms with E-state index in [1.807, 2.05) is 38.4 Å². The second kappa shape index (κ2) is 5.99. The molecule has 0 radical (unpaired) electrons. The minimum atomic E-state index is 0.0720. The fourth-order valence-electron chi connectivity index (χ4n) is 1.36. The number of ketones is 1. The molecule has 0 atom stereocenters. The maximum atomic E-state index is 11.9. The van der Waals surface area contributed by atoms with Crippen molar-refractivity contribution in [2.45, 2.75) is 0 Å². The minimum absolute atomic E-state index is 0.0720. The monoisotopic (exact) mass is 389 g/mol. The molecular formula is C13H12INOS2. The predicted molar refractivity (Wildman–Crippen MR) is 89.0 cm³/mol. The highest BCUT2D eigenvalue weighted by atomic mass is 127. The van der Waals surface area contributed by atoms with E-state index in [2.05, 4.69) is 33.6 Å². The molecule has 0 spiro atoms. The number of thiophene rings is 2. The quantitative estimate of drug-likeness (QED) is 0.440. The number of carbonyl (C=O) groups excluding carboxylic acids is 1. The molecular weight excluding hydrogens is 377 g/mol. The van der Waals surface area contributed by atoms with E-state index in [0.29, 0.717) is 0 Å². The van der Waals surface area contributed by atoms with Crippen LogP contribution in [0, 0.1) is 2.88 Å². The third-order valence-electron chi connectivity index (χ3n) is 2.27. The zero-order chi connectivity index (χ0) is 13.1. The highest BCUT2D eigenvalue weighted by Gasteiger charge is 2.05. The van der Waals surface area contributed by atoms with Gasteiger partial charge in [0.2, 0.25) is 0 Å². The number of allylic oxidation sites excluding steroid dienone is 1. The molecule has 0 saturated heterocycles. The molecule has 0 fully saturated rings. The summed E-state index contributed by atoms with van der Waals surface area (Å²) in [6, 6.07) is 7.92. The molecule has 0 unspecified atom stereocenters. The first kappa shape index (κ1) is 13.8. The highest BCUT2D eigenvalue weighted by molar-refractivity contribution is 14.1. The van der Waals surface area contributed by atoms with Crippen LogP contribution in [-0.4, -0.2) is 19.9 Å². The first-order valence-electron chi connectivity index (χ1n) is 5.31. The third kappa shape index (κ3) is 3.43. The van der Waals surface area contributed by atoms with Gasteiger partial charge < -0.3 is 4.90 Å². The molecule has 0 aliphatic heterocycles. The molecule has 0 aliphatic rings. The van der Waals surface area contributed by atoms with Crippen LogP contribution in [0.5, 0.6) is 0 Å². The van der Waals surface area contributed by atoms with Crippen LogP contribution >= 0.6 is 45.3 Å². The van der Waals surface area contributed by atoms with E-state index in [9.17, 15) is 4.79 Å². The Bertz CT molecular complexity index is 583. The van der Waals surface area contributed by atoms with Gasteiger partial charge in [-0.05, 0) is 59.0 Å². The number of anilines is 1. The maximum Gasteiger partial charge on any atom is 0.195 e. The van der Waals surface area contributed by atoms with E-state index >= 15 is 0 Å². The van der Waals surface area contributed by atoms with Crippen molar-refractivity contribution in [2.75, 3.05) is 19.0 Å². The maximum absolute atomic E-state index is 11.9. The number of hydrogen-bond donors (Lipinski definition) is 0. The summed E-state index contributed by atoms with van der Waals surface area (Å²) in [5, 5.41) is 1.19. The number of nitrogens with zero attached hydrogens (tertiary/aromatic N) is 1. The van der Waals surface area contributed by atoms with Crippen LogP contribution in [0.4, 0.5) is 5.00 Å². The lowest BCUT2D eigenvalue weighted by Gasteiger charge is -2.06. The molecule has 0 N–H and O–H groups in total. The fourth-order valence-corrected chi connectivity index (χ4v) is 3.73. The average molecular weight is 389 g/mol. The van der Waals surface area contributed by atoms with E-state index in [1.165, 1.54) is 16.3 Å². The SMILES string of the molecule is CN(C)c1ccc(C=CC(=O)c2ccc(I)s2)s1.